The predicted molar refractivity (Wildman–Crippen MR) is 91.2 cm³/mol. The van der Waals surface area contributed by atoms with Crippen LogP contribution in [0.2, 0.25) is 0 Å². The Bertz CT molecular complexity index is 452. The molecule has 0 amide bonds. The molecule has 0 spiro atoms. The van der Waals surface area contributed by atoms with Crippen molar-refractivity contribution in [2.45, 2.75) is 73.6 Å². The van der Waals surface area contributed by atoms with Crippen molar-refractivity contribution in [3.05, 3.63) is 23.3 Å². The first-order chi connectivity index (χ1) is 9.69. The molecule has 120 valence electrons. The van der Waals surface area contributed by atoms with Crippen LogP contribution < -0.4 is 0 Å². The van der Waals surface area contributed by atoms with Gasteiger partial charge in [-0.05, 0) is 68.1 Å². The minimum atomic E-state index is 0.198. The van der Waals surface area contributed by atoms with Crippen molar-refractivity contribution in [1.82, 2.24) is 0 Å². The van der Waals surface area contributed by atoms with Crippen molar-refractivity contribution >= 4 is 0 Å². The van der Waals surface area contributed by atoms with E-state index in [0.29, 0.717) is 17.9 Å². The molecule has 0 radical (unpaired) electrons. The Labute approximate surface area is 131 Å². The molecule has 3 atom stereocenters. The Kier molecular flexibility index (Phi) is 4.46. The van der Waals surface area contributed by atoms with Gasteiger partial charge in [0.2, 0.25) is 0 Å². The first-order valence-corrected chi connectivity index (χ1v) is 8.63. The standard InChI is InChI=1S/C20H34O/c1-15(2)9-7-12-19(5)17(14-21)13-16-10-8-11-18(3,4)20(16,19)6/h9-10,17,21H,7-8,11-14H2,1-6H3/t17-,19-,20-/m1/s1. The average Bonchev–Trinajstić information content (AvgIpc) is 2.61. The Morgan fingerprint density at radius 3 is 2.52 bits per heavy atom. The summed E-state index contributed by atoms with van der Waals surface area (Å²) in [5.41, 5.74) is 3.77. The predicted octanol–water partition coefficient (Wildman–Crippen LogP) is 5.50. The van der Waals surface area contributed by atoms with E-state index in [1.807, 2.05) is 0 Å². The maximum Gasteiger partial charge on any atom is 0.0467 e. The van der Waals surface area contributed by atoms with Crippen molar-refractivity contribution in [2.75, 3.05) is 6.61 Å². The van der Waals surface area contributed by atoms with E-state index < -0.39 is 0 Å². The molecule has 0 aromatic heterocycles. The molecular weight excluding hydrogens is 256 g/mol. The molecule has 0 saturated heterocycles. The highest BCUT2D eigenvalue weighted by Gasteiger charge is 2.62. The molecule has 2 rings (SSSR count). The highest BCUT2D eigenvalue weighted by Crippen LogP contribution is 2.70. The number of aliphatic hydroxyl groups is 1. The van der Waals surface area contributed by atoms with Crippen molar-refractivity contribution in [2.24, 2.45) is 22.2 Å². The van der Waals surface area contributed by atoms with E-state index in [0.717, 1.165) is 12.8 Å². The number of rotatable bonds is 4. The van der Waals surface area contributed by atoms with Crippen LogP contribution in [0, 0.1) is 22.2 Å². The summed E-state index contributed by atoms with van der Waals surface area (Å²) in [6, 6.07) is 0. The van der Waals surface area contributed by atoms with Crippen LogP contribution in [-0.2, 0) is 0 Å². The summed E-state index contributed by atoms with van der Waals surface area (Å²) >= 11 is 0. The van der Waals surface area contributed by atoms with Crippen LogP contribution in [0.4, 0.5) is 0 Å². The van der Waals surface area contributed by atoms with Crippen LogP contribution in [0.3, 0.4) is 0 Å². The second-order valence-corrected chi connectivity index (χ2v) is 8.60. The molecule has 1 heteroatoms. The minimum Gasteiger partial charge on any atom is -0.396 e. The average molecular weight is 290 g/mol. The van der Waals surface area contributed by atoms with E-state index in [-0.39, 0.29) is 10.8 Å². The fourth-order valence-corrected chi connectivity index (χ4v) is 5.20. The third-order valence-electron chi connectivity index (χ3n) is 7.10. The summed E-state index contributed by atoms with van der Waals surface area (Å²) in [6.45, 7) is 14.5. The van der Waals surface area contributed by atoms with Gasteiger partial charge in [0.25, 0.3) is 0 Å². The van der Waals surface area contributed by atoms with E-state index in [1.165, 1.54) is 24.8 Å². The molecule has 2 aliphatic rings. The normalized spacial score (nSPS) is 37.9. The van der Waals surface area contributed by atoms with Crippen LogP contribution in [0.5, 0.6) is 0 Å². The van der Waals surface area contributed by atoms with Gasteiger partial charge in [0.15, 0.2) is 0 Å². The monoisotopic (exact) mass is 290 g/mol. The maximum absolute atomic E-state index is 10.00. The van der Waals surface area contributed by atoms with Gasteiger partial charge in [0.05, 0.1) is 0 Å². The molecule has 1 saturated carbocycles. The van der Waals surface area contributed by atoms with Gasteiger partial charge < -0.3 is 5.11 Å². The molecule has 0 heterocycles. The number of hydrogen-bond acceptors (Lipinski definition) is 1. The number of aliphatic hydroxyl groups excluding tert-OH is 1. The summed E-state index contributed by atoms with van der Waals surface area (Å²) in [5, 5.41) is 10.00. The Morgan fingerprint density at radius 2 is 1.95 bits per heavy atom. The molecular formula is C20H34O. The van der Waals surface area contributed by atoms with Crippen LogP contribution in [-0.4, -0.2) is 11.7 Å². The molecule has 0 aromatic carbocycles. The lowest BCUT2D eigenvalue weighted by atomic mass is 9.48. The fraction of sp³-hybridized carbons (Fsp3) is 0.800. The Balaban J connectivity index is 2.41. The summed E-state index contributed by atoms with van der Waals surface area (Å²) < 4.78 is 0. The molecule has 21 heavy (non-hydrogen) atoms. The Morgan fingerprint density at radius 1 is 1.29 bits per heavy atom. The molecule has 1 fully saturated rings. The van der Waals surface area contributed by atoms with E-state index in [1.54, 1.807) is 5.57 Å². The fourth-order valence-electron chi connectivity index (χ4n) is 5.20. The van der Waals surface area contributed by atoms with Gasteiger partial charge in [0, 0.05) is 6.61 Å². The molecule has 2 aliphatic carbocycles. The van der Waals surface area contributed by atoms with Crippen LogP contribution in [0.25, 0.3) is 0 Å². The number of hydrogen-bond donors (Lipinski definition) is 1. The molecule has 0 aromatic rings. The molecule has 0 unspecified atom stereocenters. The zero-order valence-corrected chi connectivity index (χ0v) is 14.9. The van der Waals surface area contributed by atoms with Crippen LogP contribution in [0.1, 0.15) is 73.6 Å². The summed E-state index contributed by atoms with van der Waals surface area (Å²) in [7, 11) is 0. The van der Waals surface area contributed by atoms with Crippen LogP contribution >= 0.6 is 0 Å². The third-order valence-corrected chi connectivity index (χ3v) is 7.10. The zero-order valence-electron chi connectivity index (χ0n) is 14.9. The summed E-state index contributed by atoms with van der Waals surface area (Å²) in [5.74, 6) is 0.414. The van der Waals surface area contributed by atoms with Gasteiger partial charge in [-0.3, -0.25) is 0 Å². The molecule has 0 bridgehead atoms. The van der Waals surface area contributed by atoms with Crippen molar-refractivity contribution in [1.29, 1.82) is 0 Å². The molecule has 0 aliphatic heterocycles. The molecule has 1 N–H and O–H groups in total. The zero-order chi connectivity index (χ0) is 15.9. The lowest BCUT2D eigenvalue weighted by molar-refractivity contribution is -0.0446. The molecule has 1 nitrogen and oxygen atoms in total. The van der Waals surface area contributed by atoms with Gasteiger partial charge in [-0.2, -0.15) is 0 Å². The van der Waals surface area contributed by atoms with Gasteiger partial charge >= 0.3 is 0 Å². The van der Waals surface area contributed by atoms with Crippen molar-refractivity contribution < 1.29 is 5.11 Å². The first kappa shape index (κ1) is 16.8. The number of fused-ring (bicyclic) bond motifs is 1. The lowest BCUT2D eigenvalue weighted by Crippen LogP contribution is -2.49. The van der Waals surface area contributed by atoms with Crippen molar-refractivity contribution in [3.63, 3.8) is 0 Å². The van der Waals surface area contributed by atoms with Gasteiger partial charge in [-0.25, -0.2) is 0 Å². The van der Waals surface area contributed by atoms with Gasteiger partial charge in [-0.1, -0.05) is 51.0 Å². The highest BCUT2D eigenvalue weighted by atomic mass is 16.3. The summed E-state index contributed by atoms with van der Waals surface area (Å²) in [4.78, 5) is 0. The Hall–Kier alpha value is -0.560. The van der Waals surface area contributed by atoms with E-state index in [4.69, 9.17) is 0 Å². The summed E-state index contributed by atoms with van der Waals surface area (Å²) in [6.07, 6.45) is 10.7. The largest absolute Gasteiger partial charge is 0.396 e. The lowest BCUT2D eigenvalue weighted by Gasteiger charge is -2.56. The van der Waals surface area contributed by atoms with Crippen molar-refractivity contribution in [3.8, 4) is 0 Å². The topological polar surface area (TPSA) is 20.2 Å². The van der Waals surface area contributed by atoms with E-state index in [9.17, 15) is 5.11 Å². The van der Waals surface area contributed by atoms with Gasteiger partial charge in [0.1, 0.15) is 0 Å². The quantitative estimate of drug-likeness (QED) is 0.677. The van der Waals surface area contributed by atoms with Crippen LogP contribution in [0.15, 0.2) is 23.3 Å². The van der Waals surface area contributed by atoms with Gasteiger partial charge in [-0.15, -0.1) is 0 Å². The maximum atomic E-state index is 10.00. The van der Waals surface area contributed by atoms with E-state index in [2.05, 4.69) is 53.7 Å². The highest BCUT2D eigenvalue weighted by molar-refractivity contribution is 5.32. The SMILES string of the molecule is CC(C)=CCC[C@]1(C)[C@@H](CO)CC2=CCCC(C)(C)[C@@]21C. The van der Waals surface area contributed by atoms with E-state index >= 15 is 0 Å². The smallest absolute Gasteiger partial charge is 0.0467 e. The third kappa shape index (κ3) is 2.42. The second-order valence-electron chi connectivity index (χ2n) is 8.60. The minimum absolute atomic E-state index is 0.198. The second kappa shape index (κ2) is 5.57. The first-order valence-electron chi connectivity index (χ1n) is 8.63. The number of allylic oxidation sites excluding steroid dienone is 4.